The van der Waals surface area contributed by atoms with Crippen molar-refractivity contribution in [3.8, 4) is 0 Å². The first kappa shape index (κ1) is 13.7. The predicted molar refractivity (Wildman–Crippen MR) is 86.4 cm³/mol. The smallest absolute Gasteiger partial charge is 0.0948 e. The van der Waals surface area contributed by atoms with E-state index in [0.717, 1.165) is 34.1 Å². The molecule has 0 spiro atoms. The van der Waals surface area contributed by atoms with E-state index in [2.05, 4.69) is 10.3 Å². The van der Waals surface area contributed by atoms with E-state index in [9.17, 15) is 0 Å². The second-order valence-electron chi connectivity index (χ2n) is 5.71. The van der Waals surface area contributed by atoms with Gasteiger partial charge in [0, 0.05) is 18.1 Å². The summed E-state index contributed by atoms with van der Waals surface area (Å²) in [7, 11) is 0. The maximum Gasteiger partial charge on any atom is 0.0948 e. The average Bonchev–Trinajstić information content (AvgIpc) is 2.51. The van der Waals surface area contributed by atoms with Crippen LogP contribution in [0.15, 0.2) is 30.5 Å². The van der Waals surface area contributed by atoms with E-state index in [-0.39, 0.29) is 0 Å². The average molecular weight is 289 g/mol. The molecule has 1 aromatic heterocycles. The molecule has 2 aromatic rings. The fourth-order valence-corrected chi connectivity index (χ4v) is 3.38. The summed E-state index contributed by atoms with van der Waals surface area (Å²) >= 11 is 6.22. The molecule has 20 heavy (non-hydrogen) atoms. The SMILES string of the molecule is Clc1ccc(NCCC2CCCCC2)c2ncccc12. The number of aromatic nitrogens is 1. The zero-order valence-electron chi connectivity index (χ0n) is 11.7. The maximum atomic E-state index is 6.22. The first-order valence-corrected chi connectivity index (χ1v) is 7.99. The van der Waals surface area contributed by atoms with Crippen LogP contribution >= 0.6 is 11.6 Å². The number of hydrogen-bond donors (Lipinski definition) is 1. The topological polar surface area (TPSA) is 24.9 Å². The van der Waals surface area contributed by atoms with Crippen LogP contribution in [0.2, 0.25) is 5.02 Å². The Morgan fingerprint density at radius 1 is 1.15 bits per heavy atom. The molecule has 1 N–H and O–H groups in total. The summed E-state index contributed by atoms with van der Waals surface area (Å²) in [5, 5.41) is 5.34. The minimum Gasteiger partial charge on any atom is -0.383 e. The highest BCUT2D eigenvalue weighted by atomic mass is 35.5. The van der Waals surface area contributed by atoms with Gasteiger partial charge in [-0.25, -0.2) is 0 Å². The Bertz CT molecular complexity index is 576. The van der Waals surface area contributed by atoms with Crippen molar-refractivity contribution in [2.24, 2.45) is 5.92 Å². The lowest BCUT2D eigenvalue weighted by atomic mass is 9.87. The van der Waals surface area contributed by atoms with Crippen LogP contribution in [0.4, 0.5) is 5.69 Å². The summed E-state index contributed by atoms with van der Waals surface area (Å²) in [5.74, 6) is 0.905. The molecule has 0 bridgehead atoms. The number of halogens is 1. The number of hydrogen-bond acceptors (Lipinski definition) is 2. The monoisotopic (exact) mass is 288 g/mol. The van der Waals surface area contributed by atoms with Gasteiger partial charge in [0.25, 0.3) is 0 Å². The molecule has 3 heteroatoms. The van der Waals surface area contributed by atoms with Gasteiger partial charge in [-0.2, -0.15) is 0 Å². The van der Waals surface area contributed by atoms with Crippen molar-refractivity contribution < 1.29 is 0 Å². The number of rotatable bonds is 4. The lowest BCUT2D eigenvalue weighted by Crippen LogP contribution is -2.12. The first-order valence-electron chi connectivity index (χ1n) is 7.62. The summed E-state index contributed by atoms with van der Waals surface area (Å²) in [6, 6.07) is 7.95. The maximum absolute atomic E-state index is 6.22. The van der Waals surface area contributed by atoms with Gasteiger partial charge < -0.3 is 5.32 Å². The van der Waals surface area contributed by atoms with Crippen molar-refractivity contribution in [1.82, 2.24) is 4.98 Å². The fourth-order valence-electron chi connectivity index (χ4n) is 3.17. The predicted octanol–water partition coefficient (Wildman–Crippen LogP) is 5.27. The third-order valence-electron chi connectivity index (χ3n) is 4.31. The number of anilines is 1. The molecule has 0 atom stereocenters. The number of nitrogens with one attached hydrogen (secondary N) is 1. The Morgan fingerprint density at radius 3 is 2.85 bits per heavy atom. The molecule has 0 radical (unpaired) electrons. The molecule has 1 aromatic carbocycles. The molecular formula is C17H21ClN2. The van der Waals surface area contributed by atoms with Crippen LogP contribution in [-0.4, -0.2) is 11.5 Å². The number of nitrogens with zero attached hydrogens (tertiary/aromatic N) is 1. The lowest BCUT2D eigenvalue weighted by Gasteiger charge is -2.21. The quantitative estimate of drug-likeness (QED) is 0.829. The molecule has 106 valence electrons. The van der Waals surface area contributed by atoms with Crippen molar-refractivity contribution in [1.29, 1.82) is 0 Å². The minimum absolute atomic E-state index is 0.769. The molecule has 1 fully saturated rings. The summed E-state index contributed by atoms with van der Waals surface area (Å²) in [4.78, 5) is 4.46. The fraction of sp³-hybridized carbons (Fsp3) is 0.471. The first-order chi connectivity index (χ1) is 9.84. The molecule has 1 aliphatic carbocycles. The van der Waals surface area contributed by atoms with Crippen LogP contribution in [-0.2, 0) is 0 Å². The zero-order chi connectivity index (χ0) is 13.8. The summed E-state index contributed by atoms with van der Waals surface area (Å²) < 4.78 is 0. The summed E-state index contributed by atoms with van der Waals surface area (Å²) in [5.41, 5.74) is 2.07. The lowest BCUT2D eigenvalue weighted by molar-refractivity contribution is 0.345. The van der Waals surface area contributed by atoms with E-state index in [0.29, 0.717) is 0 Å². The van der Waals surface area contributed by atoms with E-state index >= 15 is 0 Å². The van der Waals surface area contributed by atoms with Gasteiger partial charge in [-0.3, -0.25) is 4.98 Å². The Labute approximate surface area is 125 Å². The van der Waals surface area contributed by atoms with E-state index < -0.39 is 0 Å². The van der Waals surface area contributed by atoms with Gasteiger partial charge in [0.15, 0.2) is 0 Å². The van der Waals surface area contributed by atoms with Crippen molar-refractivity contribution >= 4 is 28.2 Å². The largest absolute Gasteiger partial charge is 0.383 e. The van der Waals surface area contributed by atoms with Crippen molar-refractivity contribution in [3.63, 3.8) is 0 Å². The normalized spacial score (nSPS) is 16.4. The van der Waals surface area contributed by atoms with Crippen LogP contribution in [0.5, 0.6) is 0 Å². The van der Waals surface area contributed by atoms with Gasteiger partial charge in [-0.15, -0.1) is 0 Å². The highest BCUT2D eigenvalue weighted by molar-refractivity contribution is 6.35. The van der Waals surface area contributed by atoms with E-state index in [1.807, 2.05) is 30.5 Å². The number of pyridine rings is 1. The number of benzene rings is 1. The second-order valence-corrected chi connectivity index (χ2v) is 6.12. The summed E-state index contributed by atoms with van der Waals surface area (Å²) in [6.07, 6.45) is 10.1. The zero-order valence-corrected chi connectivity index (χ0v) is 12.5. The highest BCUT2D eigenvalue weighted by Gasteiger charge is 2.13. The van der Waals surface area contributed by atoms with Crippen LogP contribution in [0.3, 0.4) is 0 Å². The second kappa shape index (κ2) is 6.45. The van der Waals surface area contributed by atoms with Gasteiger partial charge >= 0.3 is 0 Å². The third kappa shape index (κ3) is 3.06. The van der Waals surface area contributed by atoms with E-state index in [4.69, 9.17) is 11.6 Å². The Kier molecular flexibility index (Phi) is 4.41. The molecule has 0 saturated heterocycles. The third-order valence-corrected chi connectivity index (χ3v) is 4.64. The van der Waals surface area contributed by atoms with Crippen LogP contribution in [0.1, 0.15) is 38.5 Å². The van der Waals surface area contributed by atoms with E-state index in [1.54, 1.807) is 0 Å². The molecule has 2 nitrogen and oxygen atoms in total. The molecule has 0 amide bonds. The summed E-state index contributed by atoms with van der Waals surface area (Å²) in [6.45, 7) is 1.03. The Morgan fingerprint density at radius 2 is 2.00 bits per heavy atom. The van der Waals surface area contributed by atoms with Crippen molar-refractivity contribution in [2.45, 2.75) is 38.5 Å². The molecule has 0 unspecified atom stereocenters. The van der Waals surface area contributed by atoms with E-state index in [1.165, 1.54) is 38.5 Å². The van der Waals surface area contributed by atoms with Gasteiger partial charge in [-0.1, -0.05) is 43.7 Å². The van der Waals surface area contributed by atoms with Crippen LogP contribution in [0, 0.1) is 5.92 Å². The molecular weight excluding hydrogens is 268 g/mol. The molecule has 1 saturated carbocycles. The molecule has 1 heterocycles. The Hall–Kier alpha value is -1.28. The molecule has 3 rings (SSSR count). The number of fused-ring (bicyclic) bond motifs is 1. The Balaban J connectivity index is 1.67. The highest BCUT2D eigenvalue weighted by Crippen LogP contribution is 2.29. The van der Waals surface area contributed by atoms with Gasteiger partial charge in [0.05, 0.1) is 16.2 Å². The van der Waals surface area contributed by atoms with Gasteiger partial charge in [-0.05, 0) is 36.6 Å². The van der Waals surface area contributed by atoms with Crippen molar-refractivity contribution in [2.75, 3.05) is 11.9 Å². The minimum atomic E-state index is 0.769. The molecule has 0 aliphatic heterocycles. The van der Waals surface area contributed by atoms with Crippen LogP contribution < -0.4 is 5.32 Å². The van der Waals surface area contributed by atoms with Gasteiger partial charge in [0.2, 0.25) is 0 Å². The van der Waals surface area contributed by atoms with Crippen molar-refractivity contribution in [3.05, 3.63) is 35.5 Å². The standard InChI is InChI=1S/C17H21ClN2/c18-15-8-9-16(17-14(15)7-4-11-20-17)19-12-10-13-5-2-1-3-6-13/h4,7-9,11,13,19H,1-3,5-6,10,12H2. The van der Waals surface area contributed by atoms with Crippen LogP contribution in [0.25, 0.3) is 10.9 Å². The van der Waals surface area contributed by atoms with Gasteiger partial charge in [0.1, 0.15) is 0 Å². The molecule has 1 aliphatic rings.